The molecule has 1 fully saturated rings. The highest BCUT2D eigenvalue weighted by Gasteiger charge is 2.22. The third kappa shape index (κ3) is 4.52. The molecule has 0 saturated carbocycles. The van der Waals surface area contributed by atoms with Crippen LogP contribution in [0.3, 0.4) is 0 Å². The number of piperazine rings is 1. The molecule has 24 heavy (non-hydrogen) atoms. The molecular formula is C20H24N3O+. The SMILES string of the molecule is Cc1ccc(/C=C/C(=O)N2CC[NH+](Cc3ccncc3)CC2)cc1. The Morgan fingerprint density at radius 3 is 2.46 bits per heavy atom. The van der Waals surface area contributed by atoms with Crippen molar-refractivity contribution in [2.24, 2.45) is 0 Å². The number of pyridine rings is 1. The molecule has 1 aliphatic rings. The van der Waals surface area contributed by atoms with E-state index in [1.165, 1.54) is 16.0 Å². The quantitative estimate of drug-likeness (QED) is 0.863. The van der Waals surface area contributed by atoms with Crippen molar-refractivity contribution in [3.8, 4) is 0 Å². The van der Waals surface area contributed by atoms with E-state index in [2.05, 4.69) is 36.2 Å². The number of nitrogens with one attached hydrogen (secondary N) is 1. The summed E-state index contributed by atoms with van der Waals surface area (Å²) in [5.74, 6) is 0.110. The molecular weight excluding hydrogens is 298 g/mol. The average Bonchev–Trinajstić information content (AvgIpc) is 2.62. The Morgan fingerprint density at radius 1 is 1.12 bits per heavy atom. The monoisotopic (exact) mass is 322 g/mol. The number of amides is 1. The fraction of sp³-hybridized carbons (Fsp3) is 0.300. The Bertz CT molecular complexity index is 687. The van der Waals surface area contributed by atoms with Crippen molar-refractivity contribution in [1.82, 2.24) is 9.88 Å². The first-order valence-electron chi connectivity index (χ1n) is 8.47. The molecule has 3 rings (SSSR count). The van der Waals surface area contributed by atoms with Crippen LogP contribution in [-0.2, 0) is 11.3 Å². The molecule has 1 aliphatic heterocycles. The maximum Gasteiger partial charge on any atom is 0.246 e. The predicted molar refractivity (Wildman–Crippen MR) is 95.4 cm³/mol. The smallest absolute Gasteiger partial charge is 0.246 e. The maximum absolute atomic E-state index is 12.3. The van der Waals surface area contributed by atoms with E-state index in [-0.39, 0.29) is 5.91 Å². The van der Waals surface area contributed by atoms with E-state index in [0.717, 1.165) is 38.3 Å². The highest BCUT2D eigenvalue weighted by atomic mass is 16.2. The molecule has 0 spiro atoms. The lowest BCUT2D eigenvalue weighted by Gasteiger charge is -2.31. The fourth-order valence-electron chi connectivity index (χ4n) is 2.96. The van der Waals surface area contributed by atoms with Crippen molar-refractivity contribution >= 4 is 12.0 Å². The lowest BCUT2D eigenvalue weighted by atomic mass is 10.1. The zero-order valence-electron chi connectivity index (χ0n) is 14.1. The minimum absolute atomic E-state index is 0.110. The topological polar surface area (TPSA) is 37.6 Å². The summed E-state index contributed by atoms with van der Waals surface area (Å²) in [4.78, 5) is 19.8. The van der Waals surface area contributed by atoms with Crippen LogP contribution in [0, 0.1) is 6.92 Å². The first-order valence-corrected chi connectivity index (χ1v) is 8.47. The number of carbonyl (C=O) groups excluding carboxylic acids is 1. The number of quaternary nitrogens is 1. The molecule has 1 amide bonds. The summed E-state index contributed by atoms with van der Waals surface area (Å²) in [6, 6.07) is 12.3. The summed E-state index contributed by atoms with van der Waals surface area (Å²) in [7, 11) is 0. The van der Waals surface area contributed by atoms with Crippen LogP contribution in [0.25, 0.3) is 6.08 Å². The molecule has 0 atom stereocenters. The van der Waals surface area contributed by atoms with E-state index in [9.17, 15) is 4.79 Å². The maximum atomic E-state index is 12.3. The van der Waals surface area contributed by atoms with Gasteiger partial charge in [0.05, 0.1) is 26.2 Å². The average molecular weight is 322 g/mol. The van der Waals surface area contributed by atoms with Gasteiger partial charge in [0.15, 0.2) is 0 Å². The van der Waals surface area contributed by atoms with Gasteiger partial charge in [-0.2, -0.15) is 0 Å². The number of benzene rings is 1. The van der Waals surface area contributed by atoms with Gasteiger partial charge in [-0.1, -0.05) is 29.8 Å². The van der Waals surface area contributed by atoms with Gasteiger partial charge in [-0.15, -0.1) is 0 Å². The molecule has 0 unspecified atom stereocenters. The van der Waals surface area contributed by atoms with E-state index in [1.54, 1.807) is 6.08 Å². The van der Waals surface area contributed by atoms with Gasteiger partial charge in [0, 0.05) is 24.0 Å². The zero-order chi connectivity index (χ0) is 16.8. The summed E-state index contributed by atoms with van der Waals surface area (Å²) >= 11 is 0. The third-order valence-corrected chi connectivity index (χ3v) is 4.48. The van der Waals surface area contributed by atoms with Gasteiger partial charge in [0.25, 0.3) is 0 Å². The molecule has 1 N–H and O–H groups in total. The van der Waals surface area contributed by atoms with Crippen LogP contribution in [0.4, 0.5) is 0 Å². The van der Waals surface area contributed by atoms with E-state index in [0.29, 0.717) is 0 Å². The van der Waals surface area contributed by atoms with Crippen molar-refractivity contribution in [2.45, 2.75) is 13.5 Å². The van der Waals surface area contributed by atoms with Crippen LogP contribution in [-0.4, -0.2) is 42.0 Å². The molecule has 1 aromatic carbocycles. The summed E-state index contributed by atoms with van der Waals surface area (Å²) in [5, 5.41) is 0. The van der Waals surface area contributed by atoms with E-state index < -0.39 is 0 Å². The second-order valence-electron chi connectivity index (χ2n) is 6.35. The molecule has 0 radical (unpaired) electrons. The van der Waals surface area contributed by atoms with Crippen molar-refractivity contribution in [3.63, 3.8) is 0 Å². The number of nitrogens with zero attached hydrogens (tertiary/aromatic N) is 2. The zero-order valence-corrected chi connectivity index (χ0v) is 14.1. The number of hydrogen-bond donors (Lipinski definition) is 1. The number of hydrogen-bond acceptors (Lipinski definition) is 2. The molecule has 124 valence electrons. The summed E-state index contributed by atoms with van der Waals surface area (Å²) in [5.41, 5.74) is 3.60. The molecule has 1 saturated heterocycles. The van der Waals surface area contributed by atoms with Crippen LogP contribution in [0.15, 0.2) is 54.9 Å². The predicted octanol–water partition coefficient (Wildman–Crippen LogP) is 1.33. The first kappa shape index (κ1) is 16.4. The van der Waals surface area contributed by atoms with Gasteiger partial charge in [-0.25, -0.2) is 0 Å². The van der Waals surface area contributed by atoms with Crippen LogP contribution >= 0.6 is 0 Å². The van der Waals surface area contributed by atoms with Crippen molar-refractivity contribution < 1.29 is 9.69 Å². The third-order valence-electron chi connectivity index (χ3n) is 4.48. The molecule has 0 aliphatic carbocycles. The lowest BCUT2D eigenvalue weighted by Crippen LogP contribution is -3.13. The molecule has 0 bridgehead atoms. The second kappa shape index (κ2) is 7.88. The standard InChI is InChI=1S/C20H23N3O/c1-17-2-4-18(5-3-17)6-7-20(24)23-14-12-22(13-15-23)16-19-8-10-21-11-9-19/h2-11H,12-16H2,1H3/p+1/b7-6+. The Balaban J connectivity index is 1.49. The van der Waals surface area contributed by atoms with Gasteiger partial charge in [0.1, 0.15) is 6.54 Å². The minimum Gasteiger partial charge on any atom is -0.328 e. The van der Waals surface area contributed by atoms with Crippen molar-refractivity contribution in [1.29, 1.82) is 0 Å². The van der Waals surface area contributed by atoms with E-state index in [4.69, 9.17) is 0 Å². The van der Waals surface area contributed by atoms with Gasteiger partial charge >= 0.3 is 0 Å². The highest BCUT2D eigenvalue weighted by molar-refractivity contribution is 5.91. The van der Waals surface area contributed by atoms with Crippen LogP contribution < -0.4 is 4.90 Å². The highest BCUT2D eigenvalue weighted by Crippen LogP contribution is 2.05. The van der Waals surface area contributed by atoms with Gasteiger partial charge in [-0.3, -0.25) is 9.78 Å². The van der Waals surface area contributed by atoms with Gasteiger partial charge < -0.3 is 9.80 Å². The normalized spacial score (nSPS) is 15.8. The Hall–Kier alpha value is -2.46. The lowest BCUT2D eigenvalue weighted by molar-refractivity contribution is -0.917. The van der Waals surface area contributed by atoms with Crippen molar-refractivity contribution in [3.05, 3.63) is 71.6 Å². The van der Waals surface area contributed by atoms with Crippen molar-refractivity contribution in [2.75, 3.05) is 26.2 Å². The number of aromatic nitrogens is 1. The Morgan fingerprint density at radius 2 is 1.79 bits per heavy atom. The summed E-state index contributed by atoms with van der Waals surface area (Å²) in [6.45, 7) is 6.68. The first-order chi connectivity index (χ1) is 11.7. The number of rotatable bonds is 4. The molecule has 4 heteroatoms. The fourth-order valence-corrected chi connectivity index (χ4v) is 2.96. The summed E-state index contributed by atoms with van der Waals surface area (Å²) < 4.78 is 0. The molecule has 4 nitrogen and oxygen atoms in total. The molecule has 2 aromatic rings. The van der Waals surface area contributed by atoms with Crippen LogP contribution in [0.5, 0.6) is 0 Å². The second-order valence-corrected chi connectivity index (χ2v) is 6.35. The van der Waals surface area contributed by atoms with Crippen LogP contribution in [0.1, 0.15) is 16.7 Å². The number of aryl methyl sites for hydroxylation is 1. The van der Waals surface area contributed by atoms with Gasteiger partial charge in [0.2, 0.25) is 5.91 Å². The minimum atomic E-state index is 0.110. The molecule has 1 aromatic heterocycles. The molecule has 2 heterocycles. The Kier molecular flexibility index (Phi) is 5.39. The largest absolute Gasteiger partial charge is 0.328 e. The van der Waals surface area contributed by atoms with E-state index >= 15 is 0 Å². The van der Waals surface area contributed by atoms with E-state index in [1.807, 2.05) is 35.5 Å². The van der Waals surface area contributed by atoms with Gasteiger partial charge in [-0.05, 0) is 30.7 Å². The summed E-state index contributed by atoms with van der Waals surface area (Å²) in [6.07, 6.45) is 7.27. The Labute approximate surface area is 143 Å². The number of carbonyl (C=O) groups is 1. The van der Waals surface area contributed by atoms with Crippen LogP contribution in [0.2, 0.25) is 0 Å².